The van der Waals surface area contributed by atoms with Crippen LogP contribution >= 0.6 is 56.7 Å². The number of fused-ring (bicyclic) bond motifs is 5. The van der Waals surface area contributed by atoms with Crippen molar-refractivity contribution in [2.24, 2.45) is 14.1 Å². The van der Waals surface area contributed by atoms with Crippen molar-refractivity contribution in [3.05, 3.63) is 250 Å². The number of nitrogen functional groups attached to an aromatic ring is 5. The molecule has 0 amide bonds. The summed E-state index contributed by atoms with van der Waals surface area (Å²) in [4.78, 5) is 70.8. The van der Waals surface area contributed by atoms with Gasteiger partial charge in [-0.25, -0.2) is 63.0 Å². The number of rotatable bonds is 32. The predicted octanol–water partition coefficient (Wildman–Crippen LogP) is 18.7. The van der Waals surface area contributed by atoms with Crippen LogP contribution in [-0.4, -0.2) is 202 Å². The number of hydrogen-bond donors (Lipinski definition) is 5. The third kappa shape index (κ3) is 24.5. The summed E-state index contributed by atoms with van der Waals surface area (Å²) in [5.41, 5.74) is 47.0. The van der Waals surface area contributed by atoms with E-state index in [2.05, 4.69) is 49.8 Å². The van der Waals surface area contributed by atoms with E-state index in [0.29, 0.717) is 206 Å². The highest BCUT2D eigenvalue weighted by Gasteiger charge is 2.30. The number of imidazole rings is 2. The molecule has 0 spiro atoms. The predicted molar refractivity (Wildman–Crippen MR) is 575 cm³/mol. The van der Waals surface area contributed by atoms with Crippen molar-refractivity contribution in [2.45, 2.75) is 33.9 Å². The first-order valence-corrected chi connectivity index (χ1v) is 55.0. The van der Waals surface area contributed by atoms with Crippen LogP contribution < -0.4 is 28.7 Å². The van der Waals surface area contributed by atoms with Gasteiger partial charge in [-0.05, 0) is 158 Å². The van der Waals surface area contributed by atoms with Gasteiger partial charge in [0.25, 0.3) is 0 Å². The Balaban J connectivity index is 0.000000130. The molecule has 32 nitrogen and oxygen atoms in total. The minimum absolute atomic E-state index is 0.336. The third-order valence-corrected chi connectivity index (χ3v) is 36.4. The number of nitrogens with zero attached hydrogens (tertiary/aromatic N) is 17. The van der Waals surface area contributed by atoms with E-state index in [1.807, 2.05) is 90.2 Å². The summed E-state index contributed by atoms with van der Waals surface area (Å²) in [5, 5.41) is 3.47. The molecule has 145 heavy (non-hydrogen) atoms. The molecule has 0 bridgehead atoms. The van der Waals surface area contributed by atoms with Crippen molar-refractivity contribution in [1.29, 1.82) is 0 Å². The summed E-state index contributed by atoms with van der Waals surface area (Å²) in [6, 6.07) is 40.7. The number of aromatic nitrogens is 17. The molecule has 0 aliphatic carbocycles. The molecule has 0 aliphatic heterocycles. The maximum absolute atomic E-state index is 13.5. The Hall–Kier alpha value is -13.5. The molecule has 0 fully saturated rings. The fourth-order valence-corrected chi connectivity index (χ4v) is 27.7. The second-order valence-electron chi connectivity index (χ2n) is 31.7. The van der Waals surface area contributed by atoms with E-state index >= 15 is 0 Å². The van der Waals surface area contributed by atoms with Gasteiger partial charge < -0.3 is 61.5 Å². The van der Waals surface area contributed by atoms with E-state index < -0.39 is 54.0 Å². The zero-order valence-electron chi connectivity index (χ0n) is 78.7. The smallest absolute Gasteiger partial charge is 0.162 e. The standard InChI is InChI=1S/3C20H17FN4O2S2.2C20H21N5O2S2/c3*1-27-9-10-29(26)20-16(22)15-17(12-4-6-14(21)7-5-12)24-18(25-19(15)28-20)13-3-2-8-23-11-13;2*1-25-11-16(23-12-25)14-9-15(13-5-3-6-22-10-13)24-19-17(14)18(21)20(28-19)29(26)8-4-7-27-2/h3*2-8,11H,9-10,22H2,1H3;2*3,5-6,9-12H,4,7-8,21H2,1-2H3/t2*29-;;2*29-/m10.10/s1. The van der Waals surface area contributed by atoms with Gasteiger partial charge in [0.15, 0.2) is 17.5 Å². The fraction of sp³-hybridized carbons (Fsp3) is 0.190. The molecule has 20 aromatic rings. The Labute approximate surface area is 862 Å². The Kier molecular flexibility index (Phi) is 35.2. The lowest BCUT2D eigenvalue weighted by molar-refractivity contribution is 0.200. The summed E-state index contributed by atoms with van der Waals surface area (Å²) in [6.07, 6.45) is 25.8. The first-order chi connectivity index (χ1) is 70.4. The van der Waals surface area contributed by atoms with Crippen LogP contribution in [0.25, 0.3) is 164 Å². The number of thiophene rings is 5. The SMILES string of the molecule is COCCC[S@@](=O)c1sc2nc(-c3cccnc3)cc(-c3cn(C)cn3)c2c1N.COCCC[S@](=O)c1sc2nc(-c3cccnc3)cc(-c3cn(C)cn3)c2c1N.COCCS(=O)c1sc2nc(-c3cccnc3)nc(-c3ccc(F)cc3)c2c1N.COCC[S@@](=O)c1sc2nc(-c3cccnc3)nc(-c3ccc(F)cc3)c2c1N.COCC[S@](=O)c1sc2nc(-c3cccnc3)nc(-c3ccc(F)cc3)c2c1N. The molecule has 5 atom stereocenters. The van der Waals surface area contributed by atoms with Crippen LogP contribution in [0, 0.1) is 17.5 Å². The van der Waals surface area contributed by atoms with Gasteiger partial charge in [0.05, 0.1) is 188 Å². The average molecular weight is 2140 g/mol. The number of halogens is 3. The topological polar surface area (TPSA) is 465 Å². The lowest BCUT2D eigenvalue weighted by atomic mass is 10.1. The van der Waals surface area contributed by atoms with Crippen molar-refractivity contribution < 1.29 is 57.9 Å². The van der Waals surface area contributed by atoms with E-state index in [1.165, 1.54) is 93.1 Å². The molecule has 20 rings (SSSR count). The van der Waals surface area contributed by atoms with Gasteiger partial charge in [-0.1, -0.05) is 0 Å². The van der Waals surface area contributed by atoms with Gasteiger partial charge in [0, 0.05) is 215 Å². The number of benzene rings is 3. The van der Waals surface area contributed by atoms with Gasteiger partial charge >= 0.3 is 0 Å². The molecule has 1 unspecified atom stereocenters. The van der Waals surface area contributed by atoms with Crippen molar-refractivity contribution in [2.75, 3.05) is 126 Å². The normalized spacial score (nSPS) is 12.4. The molecular weight excluding hydrogens is 2050 g/mol. The quantitative estimate of drug-likeness (QED) is 0.0244. The van der Waals surface area contributed by atoms with Gasteiger partial charge in [-0.2, -0.15) is 0 Å². The van der Waals surface area contributed by atoms with Crippen molar-refractivity contribution in [1.82, 2.24) is 83.9 Å². The number of aryl methyl sites for hydroxylation is 2. The number of pyridine rings is 7. The molecule has 744 valence electrons. The molecule has 10 N–H and O–H groups in total. The van der Waals surface area contributed by atoms with Crippen LogP contribution in [-0.2, 0) is 91.8 Å². The van der Waals surface area contributed by atoms with Gasteiger partial charge in [0.2, 0.25) is 0 Å². The zero-order valence-corrected chi connectivity index (χ0v) is 86.9. The lowest BCUT2D eigenvalue weighted by Gasteiger charge is -2.07. The second-order valence-corrected chi connectivity index (χ2v) is 45.5. The van der Waals surface area contributed by atoms with E-state index in [4.69, 9.17) is 77.3 Å². The van der Waals surface area contributed by atoms with Crippen LogP contribution in [0.15, 0.2) is 254 Å². The van der Waals surface area contributed by atoms with Crippen LogP contribution in [0.4, 0.5) is 41.6 Å². The van der Waals surface area contributed by atoms with Crippen LogP contribution in [0.1, 0.15) is 12.8 Å². The molecular formula is C100H93F3N22O10S10. The van der Waals surface area contributed by atoms with Crippen molar-refractivity contribution >= 4 is 190 Å². The Morgan fingerprint density at radius 2 is 0.559 bits per heavy atom. The minimum atomic E-state index is -1.32. The van der Waals surface area contributed by atoms with E-state index in [0.717, 1.165) is 82.2 Å². The van der Waals surface area contributed by atoms with E-state index in [9.17, 15) is 34.2 Å². The van der Waals surface area contributed by atoms with Crippen molar-refractivity contribution in [3.8, 4) is 113 Å². The Bertz CT molecular complexity index is 7430. The number of nitrogens with two attached hydrogens (primary N) is 5. The molecule has 17 aromatic heterocycles. The van der Waals surface area contributed by atoms with Gasteiger partial charge in [-0.3, -0.25) is 46.0 Å². The van der Waals surface area contributed by atoms with Crippen LogP contribution in [0.5, 0.6) is 0 Å². The highest BCUT2D eigenvalue weighted by molar-refractivity contribution is 7.89. The van der Waals surface area contributed by atoms with Gasteiger partial charge in [-0.15, -0.1) is 56.7 Å². The summed E-state index contributed by atoms with van der Waals surface area (Å²) in [5.74, 6) is 2.40. The third-order valence-electron chi connectivity index (χ3n) is 21.8. The number of hydrogen-bond acceptors (Lipinski definition) is 35. The maximum Gasteiger partial charge on any atom is 0.162 e. The van der Waals surface area contributed by atoms with Crippen LogP contribution in [0.2, 0.25) is 0 Å². The maximum atomic E-state index is 13.5. The molecule has 0 radical (unpaired) electrons. The number of ether oxygens (including phenoxy) is 5. The van der Waals surface area contributed by atoms with Gasteiger partial charge in [0.1, 0.15) is 62.6 Å². The second kappa shape index (κ2) is 48.9. The molecule has 17 heterocycles. The largest absolute Gasteiger partial charge is 0.396 e. The summed E-state index contributed by atoms with van der Waals surface area (Å²) >= 11 is 6.60. The highest BCUT2D eigenvalue weighted by Crippen LogP contribution is 2.48. The highest BCUT2D eigenvalue weighted by atomic mass is 32.2. The average Bonchev–Trinajstić information content (AvgIpc) is 1.61. The summed E-state index contributed by atoms with van der Waals surface area (Å²) in [6.45, 7) is 2.21. The molecule has 45 heteroatoms. The first kappa shape index (κ1) is 104. The Morgan fingerprint density at radius 1 is 0.303 bits per heavy atom. The number of anilines is 5. The molecule has 0 saturated heterocycles. The summed E-state index contributed by atoms with van der Waals surface area (Å²) in [7, 11) is 5.43. The first-order valence-electron chi connectivity index (χ1n) is 44.3. The Morgan fingerprint density at radius 3 is 0.807 bits per heavy atom. The number of methoxy groups -OCH3 is 5. The molecule has 0 saturated carbocycles. The lowest BCUT2D eigenvalue weighted by Crippen LogP contribution is -2.04. The minimum Gasteiger partial charge on any atom is -0.396 e. The van der Waals surface area contributed by atoms with Crippen molar-refractivity contribution in [3.63, 3.8) is 0 Å². The van der Waals surface area contributed by atoms with E-state index in [1.54, 1.807) is 165 Å². The summed E-state index contributed by atoms with van der Waals surface area (Å²) < 4.78 is 136. The zero-order chi connectivity index (χ0) is 102. The molecule has 0 aliphatic rings. The molecule has 3 aromatic carbocycles. The monoisotopic (exact) mass is 2140 g/mol. The van der Waals surface area contributed by atoms with Crippen LogP contribution in [0.3, 0.4) is 0 Å². The van der Waals surface area contributed by atoms with E-state index in [-0.39, 0.29) is 17.5 Å². The fourth-order valence-electron chi connectivity index (χ4n) is 14.8.